The zero-order valence-corrected chi connectivity index (χ0v) is 20.4. The van der Waals surface area contributed by atoms with E-state index < -0.39 is 35.8 Å². The first-order valence-corrected chi connectivity index (χ1v) is 12.4. The second kappa shape index (κ2) is 10.5. The molecule has 194 valence electrons. The Balaban J connectivity index is 1.38. The van der Waals surface area contributed by atoms with Crippen molar-refractivity contribution in [3.05, 3.63) is 101 Å². The first kappa shape index (κ1) is 25.1. The second-order valence-corrected chi connectivity index (χ2v) is 9.50. The van der Waals surface area contributed by atoms with Crippen molar-refractivity contribution in [1.29, 1.82) is 0 Å². The molecule has 2 unspecified atom stereocenters. The van der Waals surface area contributed by atoms with Gasteiger partial charge >= 0.3 is 0 Å². The average Bonchev–Trinajstić information content (AvgIpc) is 3.50. The Morgan fingerprint density at radius 2 is 1.66 bits per heavy atom. The summed E-state index contributed by atoms with van der Waals surface area (Å²) in [5.41, 5.74) is 1.21. The van der Waals surface area contributed by atoms with Crippen LogP contribution in [0, 0.1) is 5.82 Å². The largest absolute Gasteiger partial charge is 0.508 e. The van der Waals surface area contributed by atoms with Crippen molar-refractivity contribution in [3.8, 4) is 5.75 Å². The molecule has 2 N–H and O–H groups in total. The predicted molar refractivity (Wildman–Crippen MR) is 136 cm³/mol. The number of nitrogens with zero attached hydrogens (tertiary/aromatic N) is 2. The lowest BCUT2D eigenvalue weighted by Crippen LogP contribution is -2.53. The summed E-state index contributed by atoms with van der Waals surface area (Å²) >= 11 is 0. The predicted octanol–water partition coefficient (Wildman–Crippen LogP) is 2.57. The number of benzene rings is 3. The van der Waals surface area contributed by atoms with E-state index in [4.69, 9.17) is 0 Å². The SMILES string of the molecule is O=C(N[C@@H](Cc1ccc(O)cc1)C(=O)N1CCC2C1C(=O)CN2C(=O)c1ccccc1)c1cccc(F)c1. The normalized spacial score (nSPS) is 19.2. The molecule has 0 saturated carbocycles. The molecule has 0 bridgehead atoms. The number of hydrogen-bond donors (Lipinski definition) is 2. The van der Waals surface area contributed by atoms with Gasteiger partial charge in [-0.15, -0.1) is 0 Å². The molecule has 3 aromatic carbocycles. The maximum Gasteiger partial charge on any atom is 0.254 e. The number of fused-ring (bicyclic) bond motifs is 1. The number of halogens is 1. The van der Waals surface area contributed by atoms with Gasteiger partial charge in [-0.25, -0.2) is 4.39 Å². The Morgan fingerprint density at radius 1 is 0.947 bits per heavy atom. The number of carbonyl (C=O) groups is 4. The lowest BCUT2D eigenvalue weighted by Gasteiger charge is -2.28. The van der Waals surface area contributed by atoms with Crippen LogP contribution in [-0.4, -0.2) is 69.6 Å². The molecule has 3 atom stereocenters. The van der Waals surface area contributed by atoms with Crippen molar-refractivity contribution in [2.75, 3.05) is 13.1 Å². The number of phenolic OH excluding ortho intramolecular Hbond substituents is 1. The number of carbonyl (C=O) groups excluding carboxylic acids is 4. The second-order valence-electron chi connectivity index (χ2n) is 9.50. The van der Waals surface area contributed by atoms with Gasteiger partial charge in [0.25, 0.3) is 11.8 Å². The summed E-state index contributed by atoms with van der Waals surface area (Å²) in [4.78, 5) is 55.9. The Hall–Kier alpha value is -4.53. The topological polar surface area (TPSA) is 107 Å². The molecule has 2 aliphatic heterocycles. The van der Waals surface area contributed by atoms with Crippen molar-refractivity contribution in [1.82, 2.24) is 15.1 Å². The van der Waals surface area contributed by atoms with Crippen LogP contribution in [0.4, 0.5) is 4.39 Å². The van der Waals surface area contributed by atoms with Crippen LogP contribution in [0.3, 0.4) is 0 Å². The molecule has 3 aromatic rings. The van der Waals surface area contributed by atoms with Crippen LogP contribution in [0.1, 0.15) is 32.7 Å². The van der Waals surface area contributed by atoms with Crippen molar-refractivity contribution < 1.29 is 28.7 Å². The molecule has 0 radical (unpaired) electrons. The number of amides is 3. The van der Waals surface area contributed by atoms with E-state index in [2.05, 4.69) is 5.32 Å². The van der Waals surface area contributed by atoms with E-state index in [0.717, 1.165) is 6.07 Å². The summed E-state index contributed by atoms with van der Waals surface area (Å²) in [6.45, 7) is 0.158. The third-order valence-corrected chi connectivity index (χ3v) is 7.05. The van der Waals surface area contributed by atoms with Gasteiger partial charge in [0.15, 0.2) is 5.78 Å². The molecule has 2 saturated heterocycles. The molecule has 0 spiro atoms. The highest BCUT2D eigenvalue weighted by Gasteiger charge is 2.52. The number of rotatable bonds is 6. The zero-order chi connectivity index (χ0) is 26.8. The standard InChI is InChI=1S/C29H26FN3O5/c30-21-8-4-7-20(16-21)27(36)31-23(15-18-9-11-22(34)12-10-18)29(38)32-14-13-24-26(32)25(35)17-33(24)28(37)19-5-2-1-3-6-19/h1-12,16,23-24,26,34H,13-15,17H2,(H,31,36)/t23-,24?,26?/m0/s1. The number of ketones is 1. The summed E-state index contributed by atoms with van der Waals surface area (Å²) < 4.78 is 13.7. The monoisotopic (exact) mass is 515 g/mol. The Bertz CT molecular complexity index is 1380. The van der Waals surface area contributed by atoms with Crippen LogP contribution in [-0.2, 0) is 16.0 Å². The zero-order valence-electron chi connectivity index (χ0n) is 20.4. The van der Waals surface area contributed by atoms with Crippen molar-refractivity contribution >= 4 is 23.5 Å². The fourth-order valence-corrected chi connectivity index (χ4v) is 5.22. The van der Waals surface area contributed by atoms with Crippen LogP contribution in [0.5, 0.6) is 5.75 Å². The minimum atomic E-state index is -1.05. The maximum atomic E-state index is 13.8. The molecular weight excluding hydrogens is 489 g/mol. The maximum absolute atomic E-state index is 13.8. The van der Waals surface area contributed by atoms with Gasteiger partial charge in [-0.2, -0.15) is 0 Å². The average molecular weight is 516 g/mol. The molecular formula is C29H26FN3O5. The van der Waals surface area contributed by atoms with Gasteiger partial charge in [-0.05, 0) is 54.4 Å². The smallest absolute Gasteiger partial charge is 0.254 e. The highest BCUT2D eigenvalue weighted by molar-refractivity contribution is 6.03. The molecule has 3 amide bonds. The minimum Gasteiger partial charge on any atom is -0.508 e. The molecule has 0 aromatic heterocycles. The Kier molecular flexibility index (Phi) is 6.91. The van der Waals surface area contributed by atoms with Crippen LogP contribution < -0.4 is 5.32 Å². The number of likely N-dealkylation sites (tertiary alicyclic amines) is 2. The molecule has 2 fully saturated rings. The van der Waals surface area contributed by atoms with Crippen molar-refractivity contribution in [2.45, 2.75) is 31.0 Å². The van der Waals surface area contributed by atoms with E-state index in [1.807, 2.05) is 0 Å². The summed E-state index contributed by atoms with van der Waals surface area (Å²) in [6.07, 6.45) is 0.527. The highest BCUT2D eigenvalue weighted by Crippen LogP contribution is 2.31. The van der Waals surface area contributed by atoms with Gasteiger partial charge in [-0.1, -0.05) is 36.4 Å². The van der Waals surface area contributed by atoms with Crippen LogP contribution in [0.2, 0.25) is 0 Å². The Morgan fingerprint density at radius 3 is 2.37 bits per heavy atom. The summed E-state index contributed by atoms with van der Waals surface area (Å²) in [7, 11) is 0. The van der Waals surface area contributed by atoms with E-state index in [9.17, 15) is 28.7 Å². The number of Topliss-reactive ketones (excluding diaryl/α,β-unsaturated/α-hetero) is 1. The third kappa shape index (κ3) is 5.00. The summed E-state index contributed by atoms with van der Waals surface area (Å²) in [5.74, 6) is -2.11. The molecule has 9 heteroatoms. The van der Waals surface area contributed by atoms with Crippen molar-refractivity contribution in [3.63, 3.8) is 0 Å². The summed E-state index contributed by atoms with van der Waals surface area (Å²) in [6, 6.07) is 17.7. The Labute approximate surface area is 218 Å². The number of hydrogen-bond acceptors (Lipinski definition) is 5. The molecule has 2 aliphatic rings. The van der Waals surface area contributed by atoms with E-state index in [0.29, 0.717) is 17.5 Å². The third-order valence-electron chi connectivity index (χ3n) is 7.05. The number of nitrogens with one attached hydrogen (secondary N) is 1. The molecule has 2 heterocycles. The molecule has 8 nitrogen and oxygen atoms in total. The quantitative estimate of drug-likeness (QED) is 0.525. The fourth-order valence-electron chi connectivity index (χ4n) is 5.22. The van der Waals surface area contributed by atoms with Crippen LogP contribution in [0.15, 0.2) is 78.9 Å². The lowest BCUT2D eigenvalue weighted by molar-refractivity contribution is -0.138. The lowest BCUT2D eigenvalue weighted by atomic mass is 10.0. The van der Waals surface area contributed by atoms with E-state index in [1.54, 1.807) is 42.5 Å². The molecule has 38 heavy (non-hydrogen) atoms. The van der Waals surface area contributed by atoms with Gasteiger partial charge in [0.2, 0.25) is 5.91 Å². The molecule has 0 aliphatic carbocycles. The van der Waals surface area contributed by atoms with Gasteiger partial charge in [0, 0.05) is 24.1 Å². The molecule has 5 rings (SSSR count). The minimum absolute atomic E-state index is 0.0579. The number of phenols is 1. The number of aromatic hydroxyl groups is 1. The fraction of sp³-hybridized carbons (Fsp3) is 0.241. The highest BCUT2D eigenvalue weighted by atomic mass is 19.1. The van der Waals surface area contributed by atoms with E-state index in [1.165, 1.54) is 40.1 Å². The first-order valence-electron chi connectivity index (χ1n) is 12.4. The summed E-state index contributed by atoms with van der Waals surface area (Å²) in [5, 5.41) is 12.3. The van der Waals surface area contributed by atoms with Gasteiger partial charge in [0.1, 0.15) is 23.7 Å². The van der Waals surface area contributed by atoms with Gasteiger partial charge in [-0.3, -0.25) is 19.2 Å². The van der Waals surface area contributed by atoms with E-state index >= 15 is 0 Å². The van der Waals surface area contributed by atoms with Crippen molar-refractivity contribution in [2.24, 2.45) is 0 Å². The van der Waals surface area contributed by atoms with Gasteiger partial charge in [0.05, 0.1) is 12.6 Å². The van der Waals surface area contributed by atoms with Crippen LogP contribution in [0.25, 0.3) is 0 Å². The van der Waals surface area contributed by atoms with Gasteiger partial charge < -0.3 is 20.2 Å². The first-order chi connectivity index (χ1) is 18.3. The van der Waals surface area contributed by atoms with E-state index in [-0.39, 0.29) is 42.5 Å². The van der Waals surface area contributed by atoms with Crippen LogP contribution >= 0.6 is 0 Å².